The highest BCUT2D eigenvalue weighted by atomic mass is 79.9. The van der Waals surface area contributed by atoms with Crippen molar-refractivity contribution in [2.75, 3.05) is 0 Å². The lowest BCUT2D eigenvalue weighted by atomic mass is 9.81. The van der Waals surface area contributed by atoms with Gasteiger partial charge in [0.2, 0.25) is 0 Å². The second-order valence-electron chi connectivity index (χ2n) is 3.90. The Kier molecular flexibility index (Phi) is 2.58. The summed E-state index contributed by atoms with van der Waals surface area (Å²) in [6.07, 6.45) is 0.607. The number of benzene rings is 1. The highest BCUT2D eigenvalue weighted by Gasteiger charge is 2.29. The Labute approximate surface area is 92.6 Å². The van der Waals surface area contributed by atoms with Crippen molar-refractivity contribution in [1.29, 1.82) is 0 Å². The van der Waals surface area contributed by atoms with Crippen molar-refractivity contribution in [3.8, 4) is 5.75 Å². The van der Waals surface area contributed by atoms with Gasteiger partial charge in [-0.25, -0.2) is 0 Å². The monoisotopic (exact) mass is 254 g/mol. The number of hydrogen-bond donors (Lipinski definition) is 1. The zero-order chi connectivity index (χ0) is 10.3. The first kappa shape index (κ1) is 10.1. The third kappa shape index (κ3) is 1.69. The minimum Gasteiger partial charge on any atom is -0.536 e. The van der Waals surface area contributed by atoms with Crippen molar-refractivity contribution in [3.63, 3.8) is 0 Å². The van der Waals surface area contributed by atoms with Gasteiger partial charge < -0.3 is 9.68 Å². The molecule has 0 atom stereocenters. The van der Waals surface area contributed by atoms with Crippen molar-refractivity contribution in [3.05, 3.63) is 27.7 Å². The van der Waals surface area contributed by atoms with Crippen LogP contribution in [0.4, 0.5) is 0 Å². The van der Waals surface area contributed by atoms with Crippen LogP contribution in [0.25, 0.3) is 0 Å². The quantitative estimate of drug-likeness (QED) is 0.781. The van der Waals surface area contributed by atoms with Gasteiger partial charge >= 0.3 is 7.12 Å². The molecule has 0 spiro atoms. The van der Waals surface area contributed by atoms with Crippen LogP contribution in [0, 0.1) is 0 Å². The zero-order valence-corrected chi connectivity index (χ0v) is 9.84. The molecule has 0 fully saturated rings. The topological polar surface area (TPSA) is 29.5 Å². The molecule has 1 aromatic carbocycles. The first-order chi connectivity index (χ1) is 6.58. The van der Waals surface area contributed by atoms with Crippen LogP contribution >= 0.6 is 15.9 Å². The average molecular weight is 255 g/mol. The molecule has 0 aliphatic carbocycles. The summed E-state index contributed by atoms with van der Waals surface area (Å²) in [6.45, 7) is 4.29. The summed E-state index contributed by atoms with van der Waals surface area (Å²) >= 11 is 3.44. The lowest BCUT2D eigenvalue weighted by Crippen LogP contribution is -2.17. The fourth-order valence-electron chi connectivity index (χ4n) is 1.83. The molecule has 0 unspecified atom stereocenters. The second-order valence-corrected chi connectivity index (χ2v) is 4.82. The molecule has 14 heavy (non-hydrogen) atoms. The van der Waals surface area contributed by atoms with Crippen molar-refractivity contribution >= 4 is 23.0 Å². The van der Waals surface area contributed by atoms with E-state index in [0.29, 0.717) is 12.2 Å². The Morgan fingerprint density at radius 3 is 2.86 bits per heavy atom. The van der Waals surface area contributed by atoms with E-state index < -0.39 is 7.12 Å². The van der Waals surface area contributed by atoms with Crippen LogP contribution in [0.15, 0.2) is 16.6 Å². The van der Waals surface area contributed by atoms with Crippen LogP contribution in [-0.4, -0.2) is 12.1 Å². The molecule has 2 rings (SSSR count). The van der Waals surface area contributed by atoms with Crippen LogP contribution < -0.4 is 4.65 Å². The molecule has 0 amide bonds. The predicted octanol–water partition coefficient (Wildman–Crippen LogP) is 2.53. The Hall–Kier alpha value is -0.475. The smallest absolute Gasteiger partial charge is 0.527 e. The first-order valence-corrected chi connectivity index (χ1v) is 5.54. The normalized spacial score (nSPS) is 14.5. The van der Waals surface area contributed by atoms with Gasteiger partial charge in [-0.15, -0.1) is 0 Å². The van der Waals surface area contributed by atoms with E-state index in [4.69, 9.17) is 4.65 Å². The Morgan fingerprint density at radius 1 is 1.50 bits per heavy atom. The van der Waals surface area contributed by atoms with Crippen LogP contribution in [0.5, 0.6) is 5.75 Å². The SMILES string of the molecule is CC(C)c1cc(Br)cc2c1CB(O)O2. The van der Waals surface area contributed by atoms with Gasteiger partial charge in [-0.3, -0.25) is 0 Å². The number of hydrogen-bond acceptors (Lipinski definition) is 2. The summed E-state index contributed by atoms with van der Waals surface area (Å²) in [5.41, 5.74) is 2.40. The summed E-state index contributed by atoms with van der Waals surface area (Å²) < 4.78 is 6.31. The van der Waals surface area contributed by atoms with E-state index in [1.54, 1.807) is 0 Å². The minimum absolute atomic E-state index is 0.454. The van der Waals surface area contributed by atoms with E-state index in [1.807, 2.05) is 6.07 Å². The highest BCUT2D eigenvalue weighted by molar-refractivity contribution is 9.10. The lowest BCUT2D eigenvalue weighted by Gasteiger charge is -2.11. The molecule has 0 radical (unpaired) electrons. The zero-order valence-electron chi connectivity index (χ0n) is 8.25. The Bertz CT molecular complexity index is 365. The van der Waals surface area contributed by atoms with E-state index in [1.165, 1.54) is 5.56 Å². The molecule has 1 aliphatic rings. The molecular weight excluding hydrogens is 243 g/mol. The summed E-state index contributed by atoms with van der Waals surface area (Å²) in [7, 11) is -0.670. The van der Waals surface area contributed by atoms with Gasteiger partial charge in [0.05, 0.1) is 0 Å². The summed E-state index contributed by atoms with van der Waals surface area (Å²) in [4.78, 5) is 0. The molecule has 1 aliphatic heterocycles. The molecule has 4 heteroatoms. The molecular formula is C10H12BBrO2. The summed E-state index contributed by atoms with van der Waals surface area (Å²) in [5, 5.41) is 9.41. The maximum atomic E-state index is 9.41. The molecule has 1 aromatic rings. The third-order valence-electron chi connectivity index (χ3n) is 2.47. The maximum absolute atomic E-state index is 9.41. The third-order valence-corrected chi connectivity index (χ3v) is 2.93. The van der Waals surface area contributed by atoms with Crippen LogP contribution in [0.2, 0.25) is 0 Å². The number of halogens is 1. The van der Waals surface area contributed by atoms with Gasteiger partial charge in [0.15, 0.2) is 0 Å². The molecule has 0 bridgehead atoms. The molecule has 1 heterocycles. The van der Waals surface area contributed by atoms with Crippen molar-refractivity contribution in [1.82, 2.24) is 0 Å². The van der Waals surface area contributed by atoms with Crippen LogP contribution in [-0.2, 0) is 6.32 Å². The van der Waals surface area contributed by atoms with E-state index in [2.05, 4.69) is 35.8 Å². The number of rotatable bonds is 1. The molecule has 74 valence electrons. The molecule has 0 aromatic heterocycles. The largest absolute Gasteiger partial charge is 0.536 e. The van der Waals surface area contributed by atoms with Crippen molar-refractivity contribution in [2.24, 2.45) is 0 Å². The van der Waals surface area contributed by atoms with E-state index in [0.717, 1.165) is 15.8 Å². The van der Waals surface area contributed by atoms with Gasteiger partial charge in [-0.2, -0.15) is 0 Å². The molecule has 1 N–H and O–H groups in total. The highest BCUT2D eigenvalue weighted by Crippen LogP contribution is 2.36. The summed E-state index contributed by atoms with van der Waals surface area (Å²) in [6, 6.07) is 4.02. The van der Waals surface area contributed by atoms with Gasteiger partial charge in [-0.1, -0.05) is 29.8 Å². The van der Waals surface area contributed by atoms with Crippen LogP contribution in [0.1, 0.15) is 30.9 Å². The molecule has 2 nitrogen and oxygen atoms in total. The molecule has 0 saturated heterocycles. The van der Waals surface area contributed by atoms with Crippen molar-refractivity contribution < 1.29 is 9.68 Å². The van der Waals surface area contributed by atoms with E-state index >= 15 is 0 Å². The number of fused-ring (bicyclic) bond motifs is 1. The van der Waals surface area contributed by atoms with Gasteiger partial charge in [0.25, 0.3) is 0 Å². The van der Waals surface area contributed by atoms with Gasteiger partial charge in [0, 0.05) is 10.8 Å². The second kappa shape index (κ2) is 3.59. The molecule has 0 saturated carbocycles. The van der Waals surface area contributed by atoms with E-state index in [-0.39, 0.29) is 0 Å². The fraction of sp³-hybridized carbons (Fsp3) is 0.400. The first-order valence-electron chi connectivity index (χ1n) is 4.75. The van der Waals surface area contributed by atoms with Crippen molar-refractivity contribution in [2.45, 2.75) is 26.1 Å². The standard InChI is InChI=1S/C10H12BBrO2/c1-6(2)8-3-7(12)4-10-9(8)5-11(13)14-10/h3-4,6,13H,5H2,1-2H3. The lowest BCUT2D eigenvalue weighted by molar-refractivity contribution is 0.431. The minimum atomic E-state index is -0.670. The Balaban J connectivity index is 2.52. The van der Waals surface area contributed by atoms with Gasteiger partial charge in [-0.05, 0) is 29.2 Å². The van der Waals surface area contributed by atoms with E-state index in [9.17, 15) is 5.02 Å². The van der Waals surface area contributed by atoms with Gasteiger partial charge in [0.1, 0.15) is 5.75 Å². The summed E-state index contributed by atoms with van der Waals surface area (Å²) in [5.74, 6) is 1.27. The maximum Gasteiger partial charge on any atom is 0.527 e. The average Bonchev–Trinajstić information content (AvgIpc) is 2.42. The predicted molar refractivity (Wildman–Crippen MR) is 60.5 cm³/mol. The Morgan fingerprint density at radius 2 is 2.21 bits per heavy atom. The fourth-order valence-corrected chi connectivity index (χ4v) is 2.29. The van der Waals surface area contributed by atoms with Crippen LogP contribution in [0.3, 0.4) is 0 Å².